The highest BCUT2D eigenvalue weighted by Gasteiger charge is 2.34. The number of hydrogen-bond donors (Lipinski definition) is 1. The number of anilines is 2. The van der Waals surface area contributed by atoms with E-state index in [0.29, 0.717) is 20.9 Å². The second-order valence-electron chi connectivity index (χ2n) is 6.68. The van der Waals surface area contributed by atoms with Crippen LogP contribution in [0.4, 0.5) is 10.8 Å². The topological polar surface area (TPSA) is 92.3 Å². The number of benzene rings is 1. The van der Waals surface area contributed by atoms with Crippen LogP contribution >= 0.6 is 34.7 Å². The Hall–Kier alpha value is -1.36. The molecule has 28 heavy (non-hydrogen) atoms. The Bertz CT molecular complexity index is 980. The molecule has 0 radical (unpaired) electrons. The second kappa shape index (κ2) is 8.56. The number of amides is 1. The zero-order valence-corrected chi connectivity index (χ0v) is 18.9. The fourth-order valence-electron chi connectivity index (χ4n) is 2.92. The van der Waals surface area contributed by atoms with Crippen LogP contribution in [0, 0.1) is 6.92 Å². The molecule has 3 rings (SSSR count). The Morgan fingerprint density at radius 1 is 1.43 bits per heavy atom. The van der Waals surface area contributed by atoms with Crippen molar-refractivity contribution in [1.29, 1.82) is 0 Å². The van der Waals surface area contributed by atoms with Crippen molar-refractivity contribution in [3.05, 3.63) is 28.8 Å². The molecule has 11 heteroatoms. The summed E-state index contributed by atoms with van der Waals surface area (Å²) in [6.07, 6.45) is 0.494. The van der Waals surface area contributed by atoms with E-state index in [9.17, 15) is 13.2 Å². The molecular weight excluding hydrogens is 440 g/mol. The van der Waals surface area contributed by atoms with Gasteiger partial charge in [-0.15, -0.1) is 10.2 Å². The van der Waals surface area contributed by atoms with Gasteiger partial charge in [-0.2, -0.15) is 0 Å². The number of halogens is 1. The molecule has 1 saturated heterocycles. The molecule has 1 N–H and O–H groups in total. The Kier molecular flexibility index (Phi) is 6.53. The molecule has 1 aromatic carbocycles. The van der Waals surface area contributed by atoms with E-state index in [-0.39, 0.29) is 28.7 Å². The average molecular weight is 461 g/mol. The predicted molar refractivity (Wildman–Crippen MR) is 115 cm³/mol. The van der Waals surface area contributed by atoms with Crippen molar-refractivity contribution in [3.63, 3.8) is 0 Å². The van der Waals surface area contributed by atoms with Crippen LogP contribution in [0.2, 0.25) is 5.02 Å². The van der Waals surface area contributed by atoms with Crippen molar-refractivity contribution < 1.29 is 13.2 Å². The van der Waals surface area contributed by atoms with Crippen LogP contribution in [0.1, 0.15) is 18.9 Å². The molecule has 152 valence electrons. The lowest BCUT2D eigenvalue weighted by Crippen LogP contribution is -2.41. The van der Waals surface area contributed by atoms with Crippen LogP contribution in [0.15, 0.2) is 22.5 Å². The Morgan fingerprint density at radius 3 is 2.86 bits per heavy atom. The zero-order chi connectivity index (χ0) is 20.5. The van der Waals surface area contributed by atoms with E-state index >= 15 is 0 Å². The predicted octanol–water partition coefficient (Wildman–Crippen LogP) is 3.37. The van der Waals surface area contributed by atoms with Crippen molar-refractivity contribution in [2.45, 2.75) is 35.9 Å². The van der Waals surface area contributed by atoms with Gasteiger partial charge < -0.3 is 10.2 Å². The number of rotatable bonds is 6. The van der Waals surface area contributed by atoms with E-state index in [1.54, 1.807) is 18.9 Å². The van der Waals surface area contributed by atoms with E-state index in [1.807, 2.05) is 25.1 Å². The lowest BCUT2D eigenvalue weighted by molar-refractivity contribution is -0.130. The second-order valence-corrected chi connectivity index (χ2v) is 11.9. The minimum absolute atomic E-state index is 0.0402. The molecule has 0 aliphatic carbocycles. The first-order valence-electron chi connectivity index (χ1n) is 8.65. The van der Waals surface area contributed by atoms with Crippen molar-refractivity contribution >= 4 is 61.3 Å². The van der Waals surface area contributed by atoms with Gasteiger partial charge in [0.25, 0.3) is 0 Å². The molecule has 0 bridgehead atoms. The standard InChI is InChI=1S/C17H21ClN4O3S3/c1-10-13(18)5-4-6-14(10)19-16-20-21-17(27-16)26-11(2)15(23)22(3)12-7-8-28(24,25)9-12/h4-6,11-12H,7-9H2,1-3H3,(H,19,20). The molecule has 1 aliphatic rings. The minimum atomic E-state index is -3.03. The van der Waals surface area contributed by atoms with E-state index in [2.05, 4.69) is 15.5 Å². The summed E-state index contributed by atoms with van der Waals surface area (Å²) in [6, 6.07) is 5.33. The van der Waals surface area contributed by atoms with Gasteiger partial charge in [0, 0.05) is 23.8 Å². The molecule has 1 aromatic heterocycles. The van der Waals surface area contributed by atoms with Crippen molar-refractivity contribution in [2.24, 2.45) is 0 Å². The number of nitrogens with one attached hydrogen (secondary N) is 1. The summed E-state index contributed by atoms with van der Waals surface area (Å²) in [5.74, 6) is 0.0754. The summed E-state index contributed by atoms with van der Waals surface area (Å²) >= 11 is 8.80. The van der Waals surface area contributed by atoms with Gasteiger partial charge in [-0.3, -0.25) is 4.79 Å². The third kappa shape index (κ3) is 4.97. The summed E-state index contributed by atoms with van der Waals surface area (Å²) in [7, 11) is -1.36. The summed E-state index contributed by atoms with van der Waals surface area (Å²) in [5, 5.41) is 12.4. The molecule has 2 heterocycles. The summed E-state index contributed by atoms with van der Waals surface area (Å²) in [6.45, 7) is 3.71. The number of thioether (sulfide) groups is 1. The largest absolute Gasteiger partial charge is 0.341 e. The van der Waals surface area contributed by atoms with E-state index < -0.39 is 9.84 Å². The van der Waals surface area contributed by atoms with Crippen molar-refractivity contribution in [3.8, 4) is 0 Å². The van der Waals surface area contributed by atoms with Gasteiger partial charge in [0.2, 0.25) is 11.0 Å². The Morgan fingerprint density at radius 2 is 2.18 bits per heavy atom. The minimum Gasteiger partial charge on any atom is -0.341 e. The summed E-state index contributed by atoms with van der Waals surface area (Å²) in [5.41, 5.74) is 1.77. The van der Waals surface area contributed by atoms with Gasteiger partial charge in [-0.1, -0.05) is 40.8 Å². The molecule has 2 unspecified atom stereocenters. The van der Waals surface area contributed by atoms with Gasteiger partial charge in [0.05, 0.1) is 16.8 Å². The maximum Gasteiger partial charge on any atom is 0.235 e. The lowest BCUT2D eigenvalue weighted by atomic mass is 10.2. The van der Waals surface area contributed by atoms with Crippen molar-refractivity contribution in [1.82, 2.24) is 15.1 Å². The quantitative estimate of drug-likeness (QED) is 0.660. The summed E-state index contributed by atoms with van der Waals surface area (Å²) < 4.78 is 24.0. The molecular formula is C17H21ClN4O3S3. The van der Waals surface area contributed by atoms with Gasteiger partial charge in [-0.05, 0) is 38.0 Å². The first-order chi connectivity index (χ1) is 13.2. The molecule has 1 fully saturated rings. The molecule has 0 spiro atoms. The smallest absolute Gasteiger partial charge is 0.235 e. The number of hydrogen-bond acceptors (Lipinski definition) is 8. The third-order valence-corrected chi connectivity index (χ3v) is 8.82. The number of carbonyl (C=O) groups excluding carboxylic acids is 1. The lowest BCUT2D eigenvalue weighted by Gasteiger charge is -2.25. The van der Waals surface area contributed by atoms with Gasteiger partial charge >= 0.3 is 0 Å². The fourth-order valence-corrected chi connectivity index (χ4v) is 6.87. The van der Waals surface area contributed by atoms with Crippen LogP contribution < -0.4 is 5.32 Å². The molecule has 2 atom stereocenters. The number of carbonyl (C=O) groups is 1. The highest BCUT2D eigenvalue weighted by molar-refractivity contribution is 8.02. The highest BCUT2D eigenvalue weighted by atomic mass is 35.5. The van der Waals surface area contributed by atoms with Crippen LogP contribution in [0.25, 0.3) is 0 Å². The first kappa shape index (κ1) is 21.4. The average Bonchev–Trinajstić information content (AvgIpc) is 3.23. The van der Waals surface area contributed by atoms with Gasteiger partial charge in [0.15, 0.2) is 14.2 Å². The molecule has 7 nitrogen and oxygen atoms in total. The van der Waals surface area contributed by atoms with Crippen LogP contribution in [0.5, 0.6) is 0 Å². The number of aromatic nitrogens is 2. The zero-order valence-electron chi connectivity index (χ0n) is 15.7. The maximum atomic E-state index is 12.7. The normalized spacial score (nSPS) is 19.4. The highest BCUT2D eigenvalue weighted by Crippen LogP contribution is 2.33. The molecule has 2 aromatic rings. The van der Waals surface area contributed by atoms with Crippen LogP contribution in [-0.2, 0) is 14.6 Å². The van der Waals surface area contributed by atoms with E-state index in [0.717, 1.165) is 11.3 Å². The van der Waals surface area contributed by atoms with Gasteiger partial charge in [0.1, 0.15) is 0 Å². The molecule has 1 aliphatic heterocycles. The molecule has 0 saturated carbocycles. The van der Waals surface area contributed by atoms with E-state index in [4.69, 9.17) is 11.6 Å². The third-order valence-electron chi connectivity index (χ3n) is 4.64. The fraction of sp³-hybridized carbons (Fsp3) is 0.471. The number of sulfone groups is 1. The van der Waals surface area contributed by atoms with E-state index in [1.165, 1.54) is 23.1 Å². The monoisotopic (exact) mass is 460 g/mol. The molecule has 1 amide bonds. The maximum absolute atomic E-state index is 12.7. The van der Waals surface area contributed by atoms with Crippen LogP contribution in [0.3, 0.4) is 0 Å². The Balaban J connectivity index is 1.61. The number of nitrogens with zero attached hydrogens (tertiary/aromatic N) is 3. The SMILES string of the molecule is Cc1c(Cl)cccc1Nc1nnc(SC(C)C(=O)N(C)C2CCS(=O)(=O)C2)s1. The Labute approximate surface area is 177 Å². The summed E-state index contributed by atoms with van der Waals surface area (Å²) in [4.78, 5) is 14.2. The first-order valence-corrected chi connectivity index (χ1v) is 12.6. The van der Waals surface area contributed by atoms with Crippen molar-refractivity contribution in [2.75, 3.05) is 23.9 Å². The van der Waals surface area contributed by atoms with Gasteiger partial charge in [-0.25, -0.2) is 8.42 Å². The van der Waals surface area contributed by atoms with Crippen LogP contribution in [-0.4, -0.2) is 59.3 Å².